The topological polar surface area (TPSA) is 164 Å². The van der Waals surface area contributed by atoms with Crippen LogP contribution in [0.25, 0.3) is 0 Å². The number of unbranched alkanes of at least 4 members (excludes halogenated alkanes) is 1. The maximum atomic E-state index is 12.1. The Balaban J connectivity index is 2.42. The van der Waals surface area contributed by atoms with Crippen LogP contribution in [0.3, 0.4) is 0 Å². The monoisotopic (exact) mass is 359 g/mol. The van der Waals surface area contributed by atoms with E-state index in [9.17, 15) is 18.0 Å². The highest BCUT2D eigenvalue weighted by Crippen LogP contribution is 2.02. The predicted molar refractivity (Wildman–Crippen MR) is 86.0 cm³/mol. The van der Waals surface area contributed by atoms with E-state index in [0.717, 1.165) is 0 Å². The van der Waals surface area contributed by atoms with Crippen LogP contribution < -0.4 is 20.5 Å². The third kappa shape index (κ3) is 9.02. The minimum atomic E-state index is -3.75. The number of amides is 2. The van der Waals surface area contributed by atoms with Gasteiger partial charge < -0.3 is 15.7 Å². The first-order chi connectivity index (χ1) is 11.3. The van der Waals surface area contributed by atoms with Gasteiger partial charge in [0.2, 0.25) is 5.91 Å². The number of rotatable bonds is 10. The summed E-state index contributed by atoms with van der Waals surface area (Å²) in [5.41, 5.74) is 0.650. The highest BCUT2D eigenvalue weighted by Gasteiger charge is 2.19. The Morgan fingerprint density at radius 3 is 2.62 bits per heavy atom. The molecule has 24 heavy (non-hydrogen) atoms. The molecule has 0 aromatic carbocycles. The lowest BCUT2D eigenvalue weighted by molar-refractivity contribution is -0.123. The standard InChI is InChI=1S/C13H21N5O5S/c14-24(22,23)17-8-4-2-6-11(18-13(20)21)12(19)16-9-10-5-1-3-7-15-10/h1,3,5,7,11,17-18H,2,4,6,8-9H2,(H,16,19)(H,20,21)(H2,14,22,23). The van der Waals surface area contributed by atoms with Crippen LogP contribution in [0.5, 0.6) is 0 Å². The molecule has 0 aliphatic carbocycles. The number of carbonyl (C=O) groups excluding carboxylic acids is 1. The Labute approximate surface area is 140 Å². The molecule has 134 valence electrons. The normalized spacial score (nSPS) is 12.4. The summed E-state index contributed by atoms with van der Waals surface area (Å²) < 4.78 is 23.5. The highest BCUT2D eigenvalue weighted by molar-refractivity contribution is 7.87. The van der Waals surface area contributed by atoms with Gasteiger partial charge in [0, 0.05) is 12.7 Å². The van der Waals surface area contributed by atoms with Crippen molar-refractivity contribution in [2.75, 3.05) is 6.54 Å². The predicted octanol–water partition coefficient (Wildman–Crippen LogP) is -0.703. The van der Waals surface area contributed by atoms with Crippen molar-refractivity contribution < 1.29 is 23.1 Å². The summed E-state index contributed by atoms with van der Waals surface area (Å²) in [6.07, 6.45) is 1.36. The fourth-order valence-electron chi connectivity index (χ4n) is 1.91. The summed E-state index contributed by atoms with van der Waals surface area (Å²) >= 11 is 0. The van der Waals surface area contributed by atoms with Crippen molar-refractivity contribution in [2.45, 2.75) is 31.8 Å². The first-order valence-corrected chi connectivity index (χ1v) is 8.77. The van der Waals surface area contributed by atoms with E-state index in [2.05, 4.69) is 20.3 Å². The lowest BCUT2D eigenvalue weighted by Crippen LogP contribution is -2.46. The Bertz CT molecular complexity index is 637. The number of nitrogens with one attached hydrogen (secondary N) is 3. The zero-order valence-corrected chi connectivity index (χ0v) is 13.8. The van der Waals surface area contributed by atoms with Gasteiger partial charge in [0.25, 0.3) is 10.2 Å². The number of carboxylic acid groups (broad SMARTS) is 1. The molecule has 0 saturated carbocycles. The van der Waals surface area contributed by atoms with Crippen LogP contribution in [0.15, 0.2) is 24.4 Å². The summed E-state index contributed by atoms with van der Waals surface area (Å²) in [6.45, 7) is 0.304. The molecule has 1 heterocycles. The summed E-state index contributed by atoms with van der Waals surface area (Å²) in [6, 6.07) is 4.33. The van der Waals surface area contributed by atoms with Crippen LogP contribution >= 0.6 is 0 Å². The quantitative estimate of drug-likeness (QED) is 0.347. The molecule has 1 aromatic heterocycles. The average molecular weight is 359 g/mol. The van der Waals surface area contributed by atoms with Crippen molar-refractivity contribution in [3.05, 3.63) is 30.1 Å². The van der Waals surface area contributed by atoms with Crippen molar-refractivity contribution >= 4 is 22.2 Å². The molecule has 1 rings (SSSR count). The minimum absolute atomic E-state index is 0.119. The summed E-state index contributed by atoms with van der Waals surface area (Å²) in [5, 5.41) is 18.4. The summed E-state index contributed by atoms with van der Waals surface area (Å²) in [7, 11) is -3.75. The molecule has 0 aliphatic heterocycles. The number of aromatic nitrogens is 1. The molecule has 2 amide bonds. The number of hydrogen-bond donors (Lipinski definition) is 5. The average Bonchev–Trinajstić information content (AvgIpc) is 2.50. The second kappa shape index (κ2) is 9.80. The number of carbonyl (C=O) groups is 2. The molecule has 1 aromatic rings. The van der Waals surface area contributed by atoms with E-state index in [1.165, 1.54) is 0 Å². The van der Waals surface area contributed by atoms with E-state index >= 15 is 0 Å². The largest absolute Gasteiger partial charge is 0.465 e. The van der Waals surface area contributed by atoms with Crippen LogP contribution in [0.1, 0.15) is 25.0 Å². The van der Waals surface area contributed by atoms with Gasteiger partial charge in [-0.1, -0.05) is 6.07 Å². The molecule has 0 fully saturated rings. The third-order valence-corrected chi connectivity index (χ3v) is 3.61. The van der Waals surface area contributed by atoms with Crippen LogP contribution in [-0.2, 0) is 21.5 Å². The number of nitrogens with two attached hydrogens (primary N) is 1. The second-order valence-corrected chi connectivity index (χ2v) is 6.35. The van der Waals surface area contributed by atoms with E-state index in [-0.39, 0.29) is 19.5 Å². The molecule has 0 spiro atoms. The fourth-order valence-corrected chi connectivity index (χ4v) is 2.34. The van der Waals surface area contributed by atoms with Crippen molar-refractivity contribution in [1.29, 1.82) is 0 Å². The number of pyridine rings is 1. The summed E-state index contributed by atoms with van der Waals surface area (Å²) in [4.78, 5) is 26.9. The van der Waals surface area contributed by atoms with Crippen molar-refractivity contribution in [2.24, 2.45) is 5.14 Å². The van der Waals surface area contributed by atoms with E-state index in [0.29, 0.717) is 18.5 Å². The van der Waals surface area contributed by atoms with Gasteiger partial charge in [-0.05, 0) is 31.4 Å². The zero-order chi connectivity index (χ0) is 18.0. The maximum absolute atomic E-state index is 12.1. The molecular formula is C13H21N5O5S. The molecule has 1 atom stereocenters. The maximum Gasteiger partial charge on any atom is 0.405 e. The second-order valence-electron chi connectivity index (χ2n) is 4.98. The van der Waals surface area contributed by atoms with Crippen LogP contribution in [0.4, 0.5) is 4.79 Å². The Morgan fingerprint density at radius 1 is 1.29 bits per heavy atom. The van der Waals surface area contributed by atoms with Gasteiger partial charge in [-0.25, -0.2) is 14.7 Å². The zero-order valence-electron chi connectivity index (χ0n) is 12.9. The van der Waals surface area contributed by atoms with Gasteiger partial charge in [-0.2, -0.15) is 8.42 Å². The fraction of sp³-hybridized carbons (Fsp3) is 0.462. The minimum Gasteiger partial charge on any atom is -0.465 e. The smallest absolute Gasteiger partial charge is 0.405 e. The van der Waals surface area contributed by atoms with E-state index in [4.69, 9.17) is 10.2 Å². The van der Waals surface area contributed by atoms with Crippen molar-refractivity contribution in [1.82, 2.24) is 20.3 Å². The first kappa shape index (κ1) is 19.8. The lowest BCUT2D eigenvalue weighted by atomic mass is 10.1. The van der Waals surface area contributed by atoms with Gasteiger partial charge >= 0.3 is 6.09 Å². The molecule has 6 N–H and O–H groups in total. The van der Waals surface area contributed by atoms with Gasteiger partial charge in [0.05, 0.1) is 12.2 Å². The van der Waals surface area contributed by atoms with Crippen LogP contribution in [-0.4, -0.2) is 43.1 Å². The molecule has 0 bridgehead atoms. The van der Waals surface area contributed by atoms with Crippen molar-refractivity contribution in [3.63, 3.8) is 0 Å². The lowest BCUT2D eigenvalue weighted by Gasteiger charge is -2.16. The van der Waals surface area contributed by atoms with Gasteiger partial charge in [0.15, 0.2) is 0 Å². The Hall–Kier alpha value is -2.24. The molecule has 1 unspecified atom stereocenters. The van der Waals surface area contributed by atoms with Gasteiger partial charge in [0.1, 0.15) is 6.04 Å². The third-order valence-electron chi connectivity index (χ3n) is 3.01. The number of nitrogens with zero attached hydrogens (tertiary/aromatic N) is 1. The van der Waals surface area contributed by atoms with Crippen LogP contribution in [0, 0.1) is 0 Å². The van der Waals surface area contributed by atoms with Crippen LogP contribution in [0.2, 0.25) is 0 Å². The molecule has 11 heteroatoms. The van der Waals surface area contributed by atoms with E-state index in [1.54, 1.807) is 24.4 Å². The van der Waals surface area contributed by atoms with Gasteiger partial charge in [-0.15, -0.1) is 0 Å². The molecule has 0 radical (unpaired) electrons. The number of hydrogen-bond acceptors (Lipinski definition) is 5. The first-order valence-electron chi connectivity index (χ1n) is 7.22. The highest BCUT2D eigenvalue weighted by atomic mass is 32.2. The Morgan fingerprint density at radius 2 is 2.04 bits per heavy atom. The Kier molecular flexibility index (Phi) is 8.09. The SMILES string of the molecule is NS(=O)(=O)NCCCCC(NC(=O)O)C(=O)NCc1ccccn1. The molecule has 0 aliphatic rings. The van der Waals surface area contributed by atoms with E-state index < -0.39 is 28.3 Å². The molecular weight excluding hydrogens is 338 g/mol. The molecule has 10 nitrogen and oxygen atoms in total. The molecule has 0 saturated heterocycles. The van der Waals surface area contributed by atoms with Crippen molar-refractivity contribution in [3.8, 4) is 0 Å². The van der Waals surface area contributed by atoms with E-state index in [1.807, 2.05) is 0 Å². The summed E-state index contributed by atoms with van der Waals surface area (Å²) in [5.74, 6) is -0.470. The van der Waals surface area contributed by atoms with Gasteiger partial charge in [-0.3, -0.25) is 9.78 Å².